The van der Waals surface area contributed by atoms with E-state index < -0.39 is 29.5 Å². The summed E-state index contributed by atoms with van der Waals surface area (Å²) in [7, 11) is 1.41. The Morgan fingerprint density at radius 3 is 2.48 bits per heavy atom. The molecule has 1 heterocycles. The van der Waals surface area contributed by atoms with Crippen LogP contribution in [0.3, 0.4) is 0 Å². The van der Waals surface area contributed by atoms with Gasteiger partial charge in [-0.3, -0.25) is 4.79 Å². The van der Waals surface area contributed by atoms with Crippen LogP contribution in [0.25, 0.3) is 0 Å². The van der Waals surface area contributed by atoms with E-state index in [1.165, 1.54) is 38.5 Å². The van der Waals surface area contributed by atoms with Crippen molar-refractivity contribution in [3.63, 3.8) is 0 Å². The molecular weight excluding hydrogens is 308 g/mol. The van der Waals surface area contributed by atoms with Crippen LogP contribution in [0.15, 0.2) is 47.1 Å². The summed E-state index contributed by atoms with van der Waals surface area (Å²) in [6.07, 6.45) is 1.34. The quantitative estimate of drug-likeness (QED) is 0.855. The summed E-state index contributed by atoms with van der Waals surface area (Å²) in [5.41, 5.74) is -2.05. The summed E-state index contributed by atoms with van der Waals surface area (Å²) in [6.45, 7) is 0.947. The van der Waals surface area contributed by atoms with Crippen LogP contribution < -0.4 is 10.1 Å². The van der Waals surface area contributed by atoms with Crippen LogP contribution in [-0.2, 0) is 16.3 Å². The average molecular weight is 325 g/mol. The van der Waals surface area contributed by atoms with Crippen LogP contribution >= 0.6 is 0 Å². The van der Waals surface area contributed by atoms with Crippen molar-refractivity contribution < 1.29 is 27.8 Å². The number of hydrogen-bond acceptors (Lipinski definition) is 4. The van der Waals surface area contributed by atoms with Crippen LogP contribution in [0.2, 0.25) is 0 Å². The zero-order valence-electron chi connectivity index (χ0n) is 12.7. The SMILES string of the molecule is COc1ccc(C(F)(F)C(=O)NCC(C)(O)c2ccco2)cc1. The lowest BCUT2D eigenvalue weighted by atomic mass is 10.0. The average Bonchev–Trinajstić information content (AvgIpc) is 3.08. The number of carbonyl (C=O) groups is 1. The van der Waals surface area contributed by atoms with E-state index in [-0.39, 0.29) is 5.76 Å². The number of furan rings is 1. The van der Waals surface area contributed by atoms with Crippen molar-refractivity contribution in [1.29, 1.82) is 0 Å². The Labute approximate surface area is 131 Å². The first-order valence-electron chi connectivity index (χ1n) is 6.84. The molecule has 0 fully saturated rings. The molecule has 2 rings (SSSR count). The Balaban J connectivity index is 2.06. The highest BCUT2D eigenvalue weighted by Gasteiger charge is 2.42. The normalized spacial score (nSPS) is 14.1. The Morgan fingerprint density at radius 1 is 1.30 bits per heavy atom. The summed E-state index contributed by atoms with van der Waals surface area (Å²) in [4.78, 5) is 11.8. The van der Waals surface area contributed by atoms with Gasteiger partial charge in [-0.05, 0) is 43.3 Å². The molecule has 1 aromatic heterocycles. The maximum atomic E-state index is 14.1. The van der Waals surface area contributed by atoms with Gasteiger partial charge in [-0.2, -0.15) is 8.78 Å². The fourth-order valence-electron chi connectivity index (χ4n) is 1.97. The predicted molar refractivity (Wildman–Crippen MR) is 78.2 cm³/mol. The zero-order chi connectivity index (χ0) is 17.1. The fourth-order valence-corrected chi connectivity index (χ4v) is 1.97. The van der Waals surface area contributed by atoms with Gasteiger partial charge in [0.1, 0.15) is 17.1 Å². The number of benzene rings is 1. The molecule has 2 N–H and O–H groups in total. The number of methoxy groups -OCH3 is 1. The molecule has 1 aromatic carbocycles. The van der Waals surface area contributed by atoms with E-state index in [0.29, 0.717) is 5.75 Å². The molecule has 0 saturated heterocycles. The molecule has 124 valence electrons. The van der Waals surface area contributed by atoms with Gasteiger partial charge in [0.15, 0.2) is 0 Å². The van der Waals surface area contributed by atoms with Crippen LogP contribution in [0, 0.1) is 0 Å². The topological polar surface area (TPSA) is 71.7 Å². The second-order valence-corrected chi connectivity index (χ2v) is 5.24. The summed E-state index contributed by atoms with van der Waals surface area (Å²) < 4.78 is 38.2. The highest BCUT2D eigenvalue weighted by Crippen LogP contribution is 2.30. The zero-order valence-corrected chi connectivity index (χ0v) is 12.7. The summed E-state index contributed by atoms with van der Waals surface area (Å²) in [6, 6.07) is 7.96. The van der Waals surface area contributed by atoms with Gasteiger partial charge in [0, 0.05) is 5.56 Å². The number of rotatable bonds is 6. The molecule has 0 aliphatic carbocycles. The van der Waals surface area contributed by atoms with Crippen LogP contribution in [0.1, 0.15) is 18.2 Å². The fraction of sp³-hybridized carbons (Fsp3) is 0.312. The number of ether oxygens (including phenoxy) is 1. The standard InChI is InChI=1S/C16H17F2NO4/c1-15(21,13-4-3-9-23-13)10-19-14(20)16(17,18)11-5-7-12(22-2)8-6-11/h3-9,21H,10H2,1-2H3,(H,19,20). The highest BCUT2D eigenvalue weighted by atomic mass is 19.3. The summed E-state index contributed by atoms with van der Waals surface area (Å²) >= 11 is 0. The second kappa shape index (κ2) is 6.37. The lowest BCUT2D eigenvalue weighted by molar-refractivity contribution is -0.148. The van der Waals surface area contributed by atoms with Crippen molar-refractivity contribution in [2.75, 3.05) is 13.7 Å². The van der Waals surface area contributed by atoms with Crippen molar-refractivity contribution in [2.45, 2.75) is 18.4 Å². The van der Waals surface area contributed by atoms with Crippen molar-refractivity contribution in [2.24, 2.45) is 0 Å². The van der Waals surface area contributed by atoms with E-state index in [9.17, 15) is 18.7 Å². The molecule has 2 aromatic rings. The summed E-state index contributed by atoms with van der Waals surface area (Å²) in [5, 5.41) is 12.2. The van der Waals surface area contributed by atoms with Crippen molar-refractivity contribution >= 4 is 5.91 Å². The third kappa shape index (κ3) is 3.68. The van der Waals surface area contributed by atoms with E-state index >= 15 is 0 Å². The number of carbonyl (C=O) groups excluding carboxylic acids is 1. The molecule has 0 radical (unpaired) electrons. The third-order valence-electron chi connectivity index (χ3n) is 3.38. The van der Waals surface area contributed by atoms with E-state index in [4.69, 9.17) is 9.15 Å². The Morgan fingerprint density at radius 2 is 1.96 bits per heavy atom. The van der Waals surface area contributed by atoms with E-state index in [1.807, 2.05) is 5.32 Å². The first kappa shape index (κ1) is 17.0. The Kier molecular flexibility index (Phi) is 4.70. The molecule has 0 aliphatic heterocycles. The van der Waals surface area contributed by atoms with Gasteiger partial charge in [-0.1, -0.05) is 0 Å². The maximum absolute atomic E-state index is 14.1. The summed E-state index contributed by atoms with van der Waals surface area (Å²) in [5.74, 6) is -4.66. The molecule has 1 unspecified atom stereocenters. The largest absolute Gasteiger partial charge is 0.497 e. The minimum Gasteiger partial charge on any atom is -0.497 e. The van der Waals surface area contributed by atoms with E-state index in [0.717, 1.165) is 12.1 Å². The second-order valence-electron chi connectivity index (χ2n) is 5.24. The van der Waals surface area contributed by atoms with Crippen LogP contribution in [-0.4, -0.2) is 24.7 Å². The Bertz CT molecular complexity index is 651. The smallest absolute Gasteiger partial charge is 0.349 e. The van der Waals surface area contributed by atoms with Gasteiger partial charge < -0.3 is 19.6 Å². The molecule has 1 atom stereocenters. The van der Waals surface area contributed by atoms with Gasteiger partial charge in [0.05, 0.1) is 19.9 Å². The predicted octanol–water partition coefficient (Wildman–Crippen LogP) is 2.40. The minimum absolute atomic E-state index is 0.172. The molecule has 0 saturated carbocycles. The molecule has 0 bridgehead atoms. The minimum atomic E-state index is -3.73. The van der Waals surface area contributed by atoms with Gasteiger partial charge in [0.25, 0.3) is 5.91 Å². The van der Waals surface area contributed by atoms with Crippen molar-refractivity contribution in [3.8, 4) is 5.75 Å². The number of halogens is 2. The molecule has 0 aliphatic rings. The van der Waals surface area contributed by atoms with Gasteiger partial charge in [0.2, 0.25) is 0 Å². The lowest BCUT2D eigenvalue weighted by Crippen LogP contribution is -2.44. The molecule has 23 heavy (non-hydrogen) atoms. The maximum Gasteiger partial charge on any atom is 0.349 e. The van der Waals surface area contributed by atoms with E-state index in [2.05, 4.69) is 0 Å². The van der Waals surface area contributed by atoms with Crippen molar-refractivity contribution in [3.05, 3.63) is 54.0 Å². The number of alkyl halides is 2. The number of hydrogen-bond donors (Lipinski definition) is 2. The molecular formula is C16H17F2NO4. The molecule has 5 nitrogen and oxygen atoms in total. The first-order valence-corrected chi connectivity index (χ1v) is 6.84. The van der Waals surface area contributed by atoms with Crippen LogP contribution in [0.4, 0.5) is 8.78 Å². The molecule has 0 spiro atoms. The van der Waals surface area contributed by atoms with Gasteiger partial charge >= 0.3 is 5.92 Å². The van der Waals surface area contributed by atoms with Gasteiger partial charge in [-0.15, -0.1) is 0 Å². The van der Waals surface area contributed by atoms with Gasteiger partial charge in [-0.25, -0.2) is 0 Å². The van der Waals surface area contributed by atoms with Crippen molar-refractivity contribution in [1.82, 2.24) is 5.32 Å². The first-order chi connectivity index (χ1) is 10.8. The molecule has 1 amide bonds. The molecule has 7 heteroatoms. The lowest BCUT2D eigenvalue weighted by Gasteiger charge is -2.23. The Hall–Kier alpha value is -2.41. The third-order valence-corrected chi connectivity index (χ3v) is 3.38. The number of amides is 1. The highest BCUT2D eigenvalue weighted by molar-refractivity contribution is 5.84. The van der Waals surface area contributed by atoms with E-state index in [1.54, 1.807) is 6.07 Å². The van der Waals surface area contributed by atoms with Crippen LogP contribution in [0.5, 0.6) is 5.75 Å². The monoisotopic (exact) mass is 325 g/mol. The number of nitrogens with one attached hydrogen (secondary N) is 1. The number of aliphatic hydroxyl groups is 1.